The molecule has 0 radical (unpaired) electrons. The number of ether oxygens (including phenoxy) is 1. The molecule has 1 N–H and O–H groups in total. The Bertz CT molecular complexity index is 641. The summed E-state index contributed by atoms with van der Waals surface area (Å²) in [6, 6.07) is 6.25. The smallest absolute Gasteiger partial charge is 0.303 e. The van der Waals surface area contributed by atoms with Gasteiger partial charge in [0.2, 0.25) is 0 Å². The highest BCUT2D eigenvalue weighted by Crippen LogP contribution is 2.19. The molecule has 18 heavy (non-hydrogen) atoms. The Hall–Kier alpha value is -2.30. The van der Waals surface area contributed by atoms with Crippen molar-refractivity contribution in [3.05, 3.63) is 40.2 Å². The molecule has 94 valence electrons. The van der Waals surface area contributed by atoms with Crippen molar-refractivity contribution in [1.29, 1.82) is 0 Å². The molecular weight excluding hydrogens is 236 g/mol. The standard InChI is InChI=1S/C13H12O5/c1-17-8-2-4-12-10(6-8)11(14)7-9(18-12)3-5-13(15)16/h2,4,6-7H,3,5H2,1H3,(H,15,16). The lowest BCUT2D eigenvalue weighted by Gasteiger charge is -2.03. The summed E-state index contributed by atoms with van der Waals surface area (Å²) in [5.74, 6) is 0.0284. The zero-order valence-corrected chi connectivity index (χ0v) is 9.80. The van der Waals surface area contributed by atoms with Crippen molar-refractivity contribution in [3.63, 3.8) is 0 Å². The first-order valence-electron chi connectivity index (χ1n) is 5.42. The minimum Gasteiger partial charge on any atom is -0.497 e. The van der Waals surface area contributed by atoms with Crippen LogP contribution in [0.15, 0.2) is 33.5 Å². The van der Waals surface area contributed by atoms with Gasteiger partial charge in [0.1, 0.15) is 17.1 Å². The molecule has 0 fully saturated rings. The van der Waals surface area contributed by atoms with Gasteiger partial charge in [-0.05, 0) is 18.2 Å². The molecule has 2 rings (SSSR count). The molecule has 0 spiro atoms. The summed E-state index contributed by atoms with van der Waals surface area (Å²) in [4.78, 5) is 22.3. The first-order valence-corrected chi connectivity index (χ1v) is 5.42. The van der Waals surface area contributed by atoms with Gasteiger partial charge in [-0.2, -0.15) is 0 Å². The second-order valence-electron chi connectivity index (χ2n) is 3.83. The van der Waals surface area contributed by atoms with E-state index in [0.29, 0.717) is 22.5 Å². The molecule has 5 heteroatoms. The van der Waals surface area contributed by atoms with Gasteiger partial charge in [0.05, 0.1) is 18.9 Å². The van der Waals surface area contributed by atoms with Crippen LogP contribution in [0.5, 0.6) is 5.75 Å². The van der Waals surface area contributed by atoms with Crippen LogP contribution in [-0.2, 0) is 11.2 Å². The molecule has 1 aromatic heterocycles. The average molecular weight is 248 g/mol. The maximum Gasteiger partial charge on any atom is 0.303 e. The number of fused-ring (bicyclic) bond motifs is 1. The Labute approximate surface area is 103 Å². The van der Waals surface area contributed by atoms with Gasteiger partial charge in [0.25, 0.3) is 0 Å². The van der Waals surface area contributed by atoms with Crippen LogP contribution in [0.25, 0.3) is 11.0 Å². The van der Waals surface area contributed by atoms with Crippen LogP contribution in [0, 0.1) is 0 Å². The number of hydrogen-bond acceptors (Lipinski definition) is 4. The van der Waals surface area contributed by atoms with Crippen molar-refractivity contribution in [1.82, 2.24) is 0 Å². The van der Waals surface area contributed by atoms with Crippen molar-refractivity contribution in [3.8, 4) is 5.75 Å². The fraction of sp³-hybridized carbons (Fsp3) is 0.231. The fourth-order valence-corrected chi connectivity index (χ4v) is 1.67. The number of carbonyl (C=O) groups is 1. The van der Waals surface area contributed by atoms with Crippen LogP contribution in [0.4, 0.5) is 0 Å². The third kappa shape index (κ3) is 2.51. The topological polar surface area (TPSA) is 76.7 Å². The van der Waals surface area contributed by atoms with Gasteiger partial charge < -0.3 is 14.3 Å². The molecule has 1 aromatic carbocycles. The van der Waals surface area contributed by atoms with E-state index in [-0.39, 0.29) is 18.3 Å². The van der Waals surface area contributed by atoms with Crippen LogP contribution in [0.2, 0.25) is 0 Å². The van der Waals surface area contributed by atoms with Gasteiger partial charge in [-0.1, -0.05) is 0 Å². The van der Waals surface area contributed by atoms with E-state index in [1.54, 1.807) is 18.2 Å². The summed E-state index contributed by atoms with van der Waals surface area (Å²) in [7, 11) is 1.52. The van der Waals surface area contributed by atoms with E-state index in [1.165, 1.54) is 13.2 Å². The van der Waals surface area contributed by atoms with Gasteiger partial charge in [-0.3, -0.25) is 9.59 Å². The number of benzene rings is 1. The quantitative estimate of drug-likeness (QED) is 0.893. The van der Waals surface area contributed by atoms with Crippen LogP contribution in [0.1, 0.15) is 12.2 Å². The first kappa shape index (κ1) is 12.2. The molecule has 0 aliphatic carbocycles. The Morgan fingerprint density at radius 2 is 2.17 bits per heavy atom. The zero-order valence-electron chi connectivity index (χ0n) is 9.80. The summed E-state index contributed by atoms with van der Waals surface area (Å²) in [6.07, 6.45) is 0.136. The van der Waals surface area contributed by atoms with E-state index in [1.807, 2.05) is 0 Å². The highest BCUT2D eigenvalue weighted by atomic mass is 16.5. The van der Waals surface area contributed by atoms with Crippen molar-refractivity contribution in [2.75, 3.05) is 7.11 Å². The lowest BCUT2D eigenvalue weighted by atomic mass is 10.2. The maximum atomic E-state index is 11.8. The minimum atomic E-state index is -0.924. The van der Waals surface area contributed by atoms with Gasteiger partial charge in [-0.15, -0.1) is 0 Å². The second kappa shape index (κ2) is 4.91. The van der Waals surface area contributed by atoms with E-state index in [0.717, 1.165) is 0 Å². The molecular formula is C13H12O5. The summed E-state index contributed by atoms with van der Waals surface area (Å²) in [5, 5.41) is 9.01. The lowest BCUT2D eigenvalue weighted by Crippen LogP contribution is -2.04. The monoisotopic (exact) mass is 248 g/mol. The Morgan fingerprint density at radius 1 is 1.39 bits per heavy atom. The van der Waals surface area contributed by atoms with Gasteiger partial charge >= 0.3 is 5.97 Å². The number of aliphatic carboxylic acids is 1. The third-order valence-corrected chi connectivity index (χ3v) is 2.57. The van der Waals surface area contributed by atoms with E-state index >= 15 is 0 Å². The molecule has 2 aromatic rings. The van der Waals surface area contributed by atoms with Crippen LogP contribution >= 0.6 is 0 Å². The maximum absolute atomic E-state index is 11.8. The van der Waals surface area contributed by atoms with E-state index in [9.17, 15) is 9.59 Å². The third-order valence-electron chi connectivity index (χ3n) is 2.57. The number of aryl methyl sites for hydroxylation is 1. The Balaban J connectivity index is 2.43. The van der Waals surface area contributed by atoms with Crippen molar-refractivity contribution in [2.24, 2.45) is 0 Å². The Kier molecular flexibility index (Phi) is 3.32. The van der Waals surface area contributed by atoms with E-state index < -0.39 is 5.97 Å². The SMILES string of the molecule is COc1ccc2oc(CCC(=O)O)cc(=O)c2c1. The number of carboxylic acids is 1. The van der Waals surface area contributed by atoms with Gasteiger partial charge in [0.15, 0.2) is 5.43 Å². The average Bonchev–Trinajstić information content (AvgIpc) is 2.36. The molecule has 0 saturated heterocycles. The molecule has 5 nitrogen and oxygen atoms in total. The summed E-state index contributed by atoms with van der Waals surface area (Å²) in [5.41, 5.74) is 0.235. The second-order valence-corrected chi connectivity index (χ2v) is 3.83. The molecule has 0 atom stereocenters. The number of methoxy groups -OCH3 is 1. The fourth-order valence-electron chi connectivity index (χ4n) is 1.67. The molecule has 0 bridgehead atoms. The van der Waals surface area contributed by atoms with Crippen LogP contribution in [-0.4, -0.2) is 18.2 Å². The largest absolute Gasteiger partial charge is 0.497 e. The molecule has 1 heterocycles. The molecule has 0 amide bonds. The van der Waals surface area contributed by atoms with E-state index in [4.69, 9.17) is 14.3 Å². The van der Waals surface area contributed by atoms with Gasteiger partial charge in [0, 0.05) is 12.5 Å². The summed E-state index contributed by atoms with van der Waals surface area (Å²) < 4.78 is 10.5. The normalized spacial score (nSPS) is 10.5. The molecule has 0 saturated carbocycles. The molecule has 0 aliphatic heterocycles. The van der Waals surface area contributed by atoms with Crippen LogP contribution < -0.4 is 10.2 Å². The first-order chi connectivity index (χ1) is 8.60. The molecule has 0 aliphatic rings. The predicted octanol–water partition coefficient (Wildman–Crippen LogP) is 1.82. The number of carboxylic acid groups (broad SMARTS) is 1. The van der Waals surface area contributed by atoms with Crippen molar-refractivity contribution >= 4 is 16.9 Å². The number of hydrogen-bond donors (Lipinski definition) is 1. The van der Waals surface area contributed by atoms with Crippen LogP contribution in [0.3, 0.4) is 0 Å². The zero-order chi connectivity index (χ0) is 13.1. The van der Waals surface area contributed by atoms with Crippen molar-refractivity contribution in [2.45, 2.75) is 12.8 Å². The summed E-state index contributed by atoms with van der Waals surface area (Å²) >= 11 is 0. The minimum absolute atomic E-state index is 0.0649. The number of rotatable bonds is 4. The Morgan fingerprint density at radius 3 is 2.83 bits per heavy atom. The van der Waals surface area contributed by atoms with Gasteiger partial charge in [-0.25, -0.2) is 0 Å². The molecule has 0 unspecified atom stereocenters. The highest BCUT2D eigenvalue weighted by molar-refractivity contribution is 5.78. The lowest BCUT2D eigenvalue weighted by molar-refractivity contribution is -0.137. The highest BCUT2D eigenvalue weighted by Gasteiger charge is 2.07. The predicted molar refractivity (Wildman–Crippen MR) is 65.0 cm³/mol. The van der Waals surface area contributed by atoms with E-state index in [2.05, 4.69) is 0 Å². The van der Waals surface area contributed by atoms with Crippen molar-refractivity contribution < 1.29 is 19.1 Å². The summed E-state index contributed by atoms with van der Waals surface area (Å²) in [6.45, 7) is 0.